The molecule has 2 N–H and O–H groups in total. The molecule has 1 aromatic carbocycles. The third kappa shape index (κ3) is 3.60. The average molecular weight is 312 g/mol. The number of nitrogens with two attached hydrogens (primary N) is 1. The van der Waals surface area contributed by atoms with Gasteiger partial charge in [0.2, 0.25) is 0 Å². The fourth-order valence-electron chi connectivity index (χ4n) is 1.65. The number of rotatable bonds is 4. The van der Waals surface area contributed by atoms with Crippen LogP contribution in [0, 0.1) is 0 Å². The van der Waals surface area contributed by atoms with Crippen molar-refractivity contribution in [2.45, 2.75) is 26.3 Å². The Morgan fingerprint density at radius 3 is 2.40 bits per heavy atom. The van der Waals surface area contributed by atoms with E-state index in [4.69, 9.17) is 33.7 Å². The van der Waals surface area contributed by atoms with Gasteiger partial charge in [-0.1, -0.05) is 37.0 Å². The van der Waals surface area contributed by atoms with Crippen LogP contribution >= 0.6 is 23.2 Å². The Kier molecular flexibility index (Phi) is 4.81. The summed E-state index contributed by atoms with van der Waals surface area (Å²) in [5.74, 6) is 2.00. The van der Waals surface area contributed by atoms with Crippen LogP contribution in [0.5, 0.6) is 11.5 Å². The lowest BCUT2D eigenvalue weighted by Crippen LogP contribution is -2.07. The number of nitrogens with zero attached hydrogens (tertiary/aromatic N) is 2. The van der Waals surface area contributed by atoms with Gasteiger partial charge in [-0.3, -0.25) is 0 Å². The largest absolute Gasteiger partial charge is 0.454 e. The summed E-state index contributed by atoms with van der Waals surface area (Å²) in [6, 6.07) is 4.98. The molecule has 6 heteroatoms. The minimum absolute atomic E-state index is 0.231. The van der Waals surface area contributed by atoms with Crippen molar-refractivity contribution in [3.05, 3.63) is 46.0 Å². The van der Waals surface area contributed by atoms with Crippen LogP contribution in [0.3, 0.4) is 0 Å². The Hall–Kier alpha value is -1.36. The highest BCUT2D eigenvalue weighted by Crippen LogP contribution is 2.29. The van der Waals surface area contributed by atoms with E-state index in [1.807, 2.05) is 13.8 Å². The molecule has 2 rings (SSSR count). The monoisotopic (exact) mass is 311 g/mol. The van der Waals surface area contributed by atoms with Crippen molar-refractivity contribution in [1.29, 1.82) is 0 Å². The molecule has 0 amide bonds. The van der Waals surface area contributed by atoms with Crippen molar-refractivity contribution in [3.63, 3.8) is 0 Å². The summed E-state index contributed by atoms with van der Waals surface area (Å²) in [4.78, 5) is 8.67. The van der Waals surface area contributed by atoms with Crippen LogP contribution in [0.2, 0.25) is 10.0 Å². The number of benzene rings is 1. The second-order valence-corrected chi connectivity index (χ2v) is 5.48. The Morgan fingerprint density at radius 1 is 1.20 bits per heavy atom. The Bertz CT molecular complexity index is 597. The first-order valence-electron chi connectivity index (χ1n) is 6.19. The molecule has 0 bridgehead atoms. The van der Waals surface area contributed by atoms with Crippen molar-refractivity contribution >= 4 is 23.2 Å². The molecule has 0 atom stereocenters. The van der Waals surface area contributed by atoms with E-state index in [0.29, 0.717) is 27.2 Å². The zero-order valence-corrected chi connectivity index (χ0v) is 12.7. The summed E-state index contributed by atoms with van der Waals surface area (Å²) in [6.07, 6.45) is 1.62. The van der Waals surface area contributed by atoms with E-state index >= 15 is 0 Å². The van der Waals surface area contributed by atoms with Crippen molar-refractivity contribution in [3.8, 4) is 11.5 Å². The van der Waals surface area contributed by atoms with E-state index in [1.54, 1.807) is 24.4 Å². The highest BCUT2D eigenvalue weighted by molar-refractivity contribution is 6.34. The standard InChI is InChI=1S/C14H15Cl2N3O/c1-8(2)14-18-7-13(12(6-17)19-14)20-11-4-9(15)3-10(16)5-11/h3-5,7-8H,6,17H2,1-2H3. The van der Waals surface area contributed by atoms with Gasteiger partial charge in [0.05, 0.1) is 6.20 Å². The van der Waals surface area contributed by atoms with Gasteiger partial charge in [-0.2, -0.15) is 0 Å². The van der Waals surface area contributed by atoms with Gasteiger partial charge in [-0.15, -0.1) is 0 Å². The van der Waals surface area contributed by atoms with Crippen LogP contribution in [-0.2, 0) is 6.54 Å². The zero-order chi connectivity index (χ0) is 14.7. The molecule has 0 fully saturated rings. The predicted molar refractivity (Wildman–Crippen MR) is 80.5 cm³/mol. The molecule has 1 heterocycles. The Morgan fingerprint density at radius 2 is 1.85 bits per heavy atom. The smallest absolute Gasteiger partial charge is 0.168 e. The second-order valence-electron chi connectivity index (χ2n) is 4.61. The molecule has 106 valence electrons. The van der Waals surface area contributed by atoms with E-state index < -0.39 is 0 Å². The third-order valence-electron chi connectivity index (χ3n) is 2.62. The molecule has 0 spiro atoms. The molecule has 0 radical (unpaired) electrons. The molecular weight excluding hydrogens is 297 g/mol. The molecule has 4 nitrogen and oxygen atoms in total. The van der Waals surface area contributed by atoms with Crippen molar-refractivity contribution in [1.82, 2.24) is 9.97 Å². The van der Waals surface area contributed by atoms with Gasteiger partial charge in [0.1, 0.15) is 17.3 Å². The minimum atomic E-state index is 0.231. The lowest BCUT2D eigenvalue weighted by Gasteiger charge is -2.12. The Balaban J connectivity index is 2.33. The van der Waals surface area contributed by atoms with E-state index in [0.717, 1.165) is 5.82 Å². The van der Waals surface area contributed by atoms with Crippen LogP contribution in [0.4, 0.5) is 0 Å². The molecule has 1 aromatic heterocycles. The lowest BCUT2D eigenvalue weighted by atomic mass is 10.2. The summed E-state index contributed by atoms with van der Waals surface area (Å²) in [5, 5.41) is 1.00. The van der Waals surface area contributed by atoms with Crippen LogP contribution in [0.15, 0.2) is 24.4 Å². The summed E-state index contributed by atoms with van der Waals surface area (Å²) in [6.45, 7) is 4.31. The highest BCUT2D eigenvalue weighted by atomic mass is 35.5. The topological polar surface area (TPSA) is 61.0 Å². The van der Waals surface area contributed by atoms with Gasteiger partial charge < -0.3 is 10.5 Å². The molecule has 0 unspecified atom stereocenters. The molecule has 0 saturated heterocycles. The average Bonchev–Trinajstić information content (AvgIpc) is 2.37. The molecule has 0 saturated carbocycles. The fourth-order valence-corrected chi connectivity index (χ4v) is 2.15. The van der Waals surface area contributed by atoms with Crippen molar-refractivity contribution in [2.75, 3.05) is 0 Å². The maximum atomic E-state index is 5.94. The summed E-state index contributed by atoms with van der Waals surface area (Å²) in [5.41, 5.74) is 6.36. The van der Waals surface area contributed by atoms with Crippen molar-refractivity contribution < 1.29 is 4.74 Å². The van der Waals surface area contributed by atoms with E-state index in [-0.39, 0.29) is 12.5 Å². The zero-order valence-electron chi connectivity index (χ0n) is 11.2. The van der Waals surface area contributed by atoms with E-state index in [2.05, 4.69) is 9.97 Å². The van der Waals surface area contributed by atoms with Gasteiger partial charge >= 0.3 is 0 Å². The quantitative estimate of drug-likeness (QED) is 0.921. The minimum Gasteiger partial charge on any atom is -0.454 e. The first-order valence-corrected chi connectivity index (χ1v) is 6.95. The predicted octanol–water partition coefficient (Wildman–Crippen LogP) is 4.16. The van der Waals surface area contributed by atoms with Crippen LogP contribution in [0.1, 0.15) is 31.3 Å². The first kappa shape index (κ1) is 15.0. The van der Waals surface area contributed by atoms with Gasteiger partial charge in [-0.25, -0.2) is 9.97 Å². The summed E-state index contributed by atoms with van der Waals surface area (Å²) < 4.78 is 5.72. The normalized spacial score (nSPS) is 10.9. The number of aromatic nitrogens is 2. The van der Waals surface area contributed by atoms with Gasteiger partial charge in [0, 0.05) is 22.5 Å². The number of hydrogen-bond acceptors (Lipinski definition) is 4. The lowest BCUT2D eigenvalue weighted by molar-refractivity contribution is 0.467. The number of halogens is 2. The van der Waals surface area contributed by atoms with Crippen molar-refractivity contribution in [2.24, 2.45) is 5.73 Å². The maximum Gasteiger partial charge on any atom is 0.168 e. The molecule has 0 aliphatic rings. The van der Waals surface area contributed by atoms with Crippen LogP contribution in [0.25, 0.3) is 0 Å². The van der Waals surface area contributed by atoms with E-state index in [9.17, 15) is 0 Å². The fraction of sp³-hybridized carbons (Fsp3) is 0.286. The molecule has 20 heavy (non-hydrogen) atoms. The van der Waals surface area contributed by atoms with Gasteiger partial charge in [-0.05, 0) is 18.2 Å². The maximum absolute atomic E-state index is 5.94. The molecular formula is C14H15Cl2N3O. The molecule has 2 aromatic rings. The Labute approximate surface area is 127 Å². The highest BCUT2D eigenvalue weighted by Gasteiger charge is 2.11. The van der Waals surface area contributed by atoms with Crippen LogP contribution < -0.4 is 10.5 Å². The number of hydrogen-bond donors (Lipinski definition) is 1. The van der Waals surface area contributed by atoms with Crippen LogP contribution in [-0.4, -0.2) is 9.97 Å². The number of ether oxygens (including phenoxy) is 1. The SMILES string of the molecule is CC(C)c1ncc(Oc2cc(Cl)cc(Cl)c2)c(CN)n1. The van der Waals surface area contributed by atoms with Gasteiger partial charge in [0.25, 0.3) is 0 Å². The second kappa shape index (κ2) is 6.39. The summed E-state index contributed by atoms with van der Waals surface area (Å²) in [7, 11) is 0. The van der Waals surface area contributed by atoms with Gasteiger partial charge in [0.15, 0.2) is 5.75 Å². The first-order chi connectivity index (χ1) is 9.49. The molecule has 0 aliphatic heterocycles. The summed E-state index contributed by atoms with van der Waals surface area (Å²) >= 11 is 11.9. The molecule has 0 aliphatic carbocycles. The third-order valence-corrected chi connectivity index (χ3v) is 3.06. The van der Waals surface area contributed by atoms with E-state index in [1.165, 1.54) is 0 Å².